The average Bonchev–Trinajstić information content (AvgIpc) is 3.15. The van der Waals surface area contributed by atoms with Crippen LogP contribution in [0.5, 0.6) is 0 Å². The molecule has 20 heavy (non-hydrogen) atoms. The third-order valence-corrected chi connectivity index (χ3v) is 4.59. The molecule has 2 fully saturated rings. The van der Waals surface area contributed by atoms with E-state index in [1.807, 2.05) is 25.7 Å². The molecule has 4 nitrogen and oxygen atoms in total. The molecule has 4 heteroatoms. The zero-order chi connectivity index (χ0) is 14.8. The molecular weight excluding hydrogens is 252 g/mol. The predicted octanol–water partition coefficient (Wildman–Crippen LogP) is 3.17. The molecule has 116 valence electrons. The number of ether oxygens (including phenoxy) is 1. The number of hydrogen-bond donors (Lipinski definition) is 1. The topological polar surface area (TPSA) is 41.6 Å². The van der Waals surface area contributed by atoms with Crippen molar-refractivity contribution >= 4 is 6.09 Å². The van der Waals surface area contributed by atoms with Crippen LogP contribution in [0.2, 0.25) is 0 Å². The first kappa shape index (κ1) is 15.6. The van der Waals surface area contributed by atoms with Gasteiger partial charge in [0.15, 0.2) is 0 Å². The van der Waals surface area contributed by atoms with Crippen LogP contribution in [0, 0.1) is 5.92 Å². The Bertz CT molecular complexity index is 345. The van der Waals surface area contributed by atoms with Crippen LogP contribution < -0.4 is 5.32 Å². The average molecular weight is 282 g/mol. The molecule has 1 N–H and O–H groups in total. The Balaban J connectivity index is 1.78. The lowest BCUT2D eigenvalue weighted by molar-refractivity contribution is 0.0159. The summed E-state index contributed by atoms with van der Waals surface area (Å²) in [4.78, 5) is 14.0. The molecule has 2 rings (SSSR count). The number of rotatable bonds is 4. The quantitative estimate of drug-likeness (QED) is 0.861. The van der Waals surface area contributed by atoms with Gasteiger partial charge in [0.2, 0.25) is 0 Å². The number of likely N-dealkylation sites (tertiary alicyclic amines) is 1. The zero-order valence-electron chi connectivity index (χ0n) is 13.5. The van der Waals surface area contributed by atoms with E-state index in [1.165, 1.54) is 32.1 Å². The van der Waals surface area contributed by atoms with E-state index in [0.29, 0.717) is 11.5 Å². The molecule has 1 unspecified atom stereocenters. The first-order chi connectivity index (χ1) is 9.34. The molecule has 0 aromatic heterocycles. The number of hydrogen-bond acceptors (Lipinski definition) is 3. The second-order valence-electron chi connectivity index (χ2n) is 7.50. The number of piperidine rings is 1. The van der Waals surface area contributed by atoms with Crippen LogP contribution in [0.15, 0.2) is 0 Å². The molecule has 1 aliphatic heterocycles. The van der Waals surface area contributed by atoms with Crippen LogP contribution in [0.1, 0.15) is 59.3 Å². The number of carbonyl (C=O) groups excluding carboxylic acids is 1. The molecule has 0 radical (unpaired) electrons. The molecule has 1 saturated carbocycles. The normalized spacial score (nSPS) is 25.4. The van der Waals surface area contributed by atoms with Gasteiger partial charge in [0.1, 0.15) is 5.60 Å². The van der Waals surface area contributed by atoms with E-state index in [1.54, 1.807) is 0 Å². The minimum Gasteiger partial charge on any atom is -0.444 e. The SMILES string of the molecule is CNC1(CCC2CCCN(C(=O)OC(C)(C)C)C2)CC1. The fraction of sp³-hybridized carbons (Fsp3) is 0.938. The Morgan fingerprint density at radius 2 is 2.10 bits per heavy atom. The molecule has 1 heterocycles. The second-order valence-corrected chi connectivity index (χ2v) is 7.50. The van der Waals surface area contributed by atoms with Gasteiger partial charge in [-0.05, 0) is 72.3 Å². The summed E-state index contributed by atoms with van der Waals surface area (Å²) in [7, 11) is 2.07. The van der Waals surface area contributed by atoms with Crippen LogP contribution in [0.25, 0.3) is 0 Å². The van der Waals surface area contributed by atoms with Crippen LogP contribution in [0.4, 0.5) is 4.79 Å². The van der Waals surface area contributed by atoms with Gasteiger partial charge in [-0.1, -0.05) is 0 Å². The monoisotopic (exact) mass is 282 g/mol. The molecule has 0 bridgehead atoms. The van der Waals surface area contributed by atoms with Gasteiger partial charge < -0.3 is 15.0 Å². The number of nitrogens with one attached hydrogen (secondary N) is 1. The van der Waals surface area contributed by atoms with Crippen molar-refractivity contribution in [3.05, 3.63) is 0 Å². The fourth-order valence-corrected chi connectivity index (χ4v) is 3.05. The van der Waals surface area contributed by atoms with Gasteiger partial charge in [-0.2, -0.15) is 0 Å². The minimum atomic E-state index is -0.395. The van der Waals surface area contributed by atoms with E-state index in [-0.39, 0.29) is 6.09 Å². The Morgan fingerprint density at radius 1 is 1.40 bits per heavy atom. The van der Waals surface area contributed by atoms with E-state index in [4.69, 9.17) is 4.74 Å². The van der Waals surface area contributed by atoms with E-state index in [9.17, 15) is 4.79 Å². The molecule has 2 aliphatic rings. The maximum atomic E-state index is 12.1. The molecule has 0 aromatic rings. The Labute approximate surface area is 123 Å². The van der Waals surface area contributed by atoms with Gasteiger partial charge in [-0.25, -0.2) is 4.79 Å². The zero-order valence-corrected chi connectivity index (χ0v) is 13.5. The Kier molecular flexibility index (Phi) is 4.62. The summed E-state index contributed by atoms with van der Waals surface area (Å²) in [6.07, 6.45) is 7.31. The summed E-state index contributed by atoms with van der Waals surface area (Å²) >= 11 is 0. The fourth-order valence-electron chi connectivity index (χ4n) is 3.05. The maximum Gasteiger partial charge on any atom is 0.410 e. The van der Waals surface area contributed by atoms with Crippen molar-refractivity contribution in [2.75, 3.05) is 20.1 Å². The number of carbonyl (C=O) groups is 1. The van der Waals surface area contributed by atoms with E-state index < -0.39 is 5.60 Å². The third kappa shape index (κ3) is 4.37. The molecule has 1 aliphatic carbocycles. The molecule has 0 spiro atoms. The number of amides is 1. The largest absolute Gasteiger partial charge is 0.444 e. The minimum absolute atomic E-state index is 0.142. The smallest absolute Gasteiger partial charge is 0.410 e. The van der Waals surface area contributed by atoms with Crippen LogP contribution in [-0.2, 0) is 4.74 Å². The van der Waals surface area contributed by atoms with E-state index >= 15 is 0 Å². The summed E-state index contributed by atoms with van der Waals surface area (Å²) < 4.78 is 5.48. The first-order valence-electron chi connectivity index (χ1n) is 8.00. The highest BCUT2D eigenvalue weighted by Gasteiger charge is 2.41. The number of nitrogens with zero attached hydrogens (tertiary/aromatic N) is 1. The molecular formula is C16H30N2O2. The highest BCUT2D eigenvalue weighted by molar-refractivity contribution is 5.68. The maximum absolute atomic E-state index is 12.1. The van der Waals surface area contributed by atoms with Crippen molar-refractivity contribution in [3.8, 4) is 0 Å². The van der Waals surface area contributed by atoms with Gasteiger partial charge in [0.05, 0.1) is 0 Å². The van der Waals surface area contributed by atoms with Crippen molar-refractivity contribution in [1.29, 1.82) is 0 Å². The van der Waals surface area contributed by atoms with Gasteiger partial charge >= 0.3 is 6.09 Å². The second kappa shape index (κ2) is 5.92. The van der Waals surface area contributed by atoms with Crippen molar-refractivity contribution in [2.45, 2.75) is 70.4 Å². The van der Waals surface area contributed by atoms with Gasteiger partial charge in [-0.15, -0.1) is 0 Å². The summed E-state index contributed by atoms with van der Waals surface area (Å²) in [5.41, 5.74) is 0.0302. The van der Waals surface area contributed by atoms with Gasteiger partial charge in [0.25, 0.3) is 0 Å². The lowest BCUT2D eigenvalue weighted by Crippen LogP contribution is -2.43. The van der Waals surface area contributed by atoms with Gasteiger partial charge in [-0.3, -0.25) is 0 Å². The van der Waals surface area contributed by atoms with E-state index in [0.717, 1.165) is 19.5 Å². The summed E-state index contributed by atoms with van der Waals surface area (Å²) in [6, 6.07) is 0. The Hall–Kier alpha value is -0.770. The molecule has 1 amide bonds. The van der Waals surface area contributed by atoms with Crippen LogP contribution >= 0.6 is 0 Å². The van der Waals surface area contributed by atoms with Gasteiger partial charge in [0, 0.05) is 18.6 Å². The lowest BCUT2D eigenvalue weighted by Gasteiger charge is -2.34. The van der Waals surface area contributed by atoms with E-state index in [2.05, 4.69) is 12.4 Å². The molecule has 1 atom stereocenters. The Morgan fingerprint density at radius 3 is 2.65 bits per heavy atom. The standard InChI is InChI=1S/C16H30N2O2/c1-15(2,3)20-14(19)18-11-5-6-13(12-18)7-8-16(17-4)9-10-16/h13,17H,5-12H2,1-4H3. The summed E-state index contributed by atoms with van der Waals surface area (Å²) in [6.45, 7) is 7.50. The molecule has 0 aromatic carbocycles. The van der Waals surface area contributed by atoms with Crippen molar-refractivity contribution in [1.82, 2.24) is 10.2 Å². The highest BCUT2D eigenvalue weighted by atomic mass is 16.6. The highest BCUT2D eigenvalue weighted by Crippen LogP contribution is 2.40. The van der Waals surface area contributed by atoms with Crippen LogP contribution in [0.3, 0.4) is 0 Å². The van der Waals surface area contributed by atoms with Crippen molar-refractivity contribution in [2.24, 2.45) is 5.92 Å². The third-order valence-electron chi connectivity index (χ3n) is 4.59. The predicted molar refractivity (Wildman–Crippen MR) is 80.8 cm³/mol. The molecule has 1 saturated heterocycles. The van der Waals surface area contributed by atoms with Crippen molar-refractivity contribution < 1.29 is 9.53 Å². The van der Waals surface area contributed by atoms with Crippen LogP contribution in [-0.4, -0.2) is 42.3 Å². The summed E-state index contributed by atoms with van der Waals surface area (Å²) in [5.74, 6) is 0.641. The lowest BCUT2D eigenvalue weighted by atomic mass is 9.91. The first-order valence-corrected chi connectivity index (χ1v) is 8.00. The summed E-state index contributed by atoms with van der Waals surface area (Å²) in [5, 5.41) is 3.45. The van der Waals surface area contributed by atoms with Crippen molar-refractivity contribution in [3.63, 3.8) is 0 Å².